The van der Waals surface area contributed by atoms with Crippen LogP contribution in [0.15, 0.2) is 183 Å². The Morgan fingerprint density at radius 1 is 0.464 bits per heavy atom. The molecule has 3 aliphatic rings. The highest BCUT2D eigenvalue weighted by Gasteiger charge is 2.26. The fourth-order valence-corrected chi connectivity index (χ4v) is 10.2. The van der Waals surface area contributed by atoms with Gasteiger partial charge < -0.3 is 25.8 Å². The smallest absolute Gasteiger partial charge is 0.341 e. The molecule has 0 atom stereocenters. The third kappa shape index (κ3) is 15.6. The second-order valence-corrected chi connectivity index (χ2v) is 19.5. The molecule has 1 amide bonds. The number of hydroxylamine groups is 1. The van der Waals surface area contributed by atoms with Gasteiger partial charge in [-0.2, -0.15) is 8.42 Å². The molecule has 18 nitrogen and oxygen atoms in total. The zero-order valence-corrected chi connectivity index (χ0v) is 47.5. The van der Waals surface area contributed by atoms with Gasteiger partial charge in [0, 0.05) is 37.2 Å². The summed E-state index contributed by atoms with van der Waals surface area (Å²) in [4.78, 5) is 59.1. The van der Waals surface area contributed by atoms with Crippen molar-refractivity contribution < 1.29 is 37.5 Å². The van der Waals surface area contributed by atoms with Crippen LogP contribution >= 0.6 is 0 Å². The van der Waals surface area contributed by atoms with Crippen LogP contribution in [0.5, 0.6) is 0 Å². The highest BCUT2D eigenvalue weighted by Crippen LogP contribution is 2.36. The van der Waals surface area contributed by atoms with E-state index < -0.39 is 23.4 Å². The molecule has 6 N–H and O–H groups in total. The van der Waals surface area contributed by atoms with Crippen LogP contribution in [0.4, 0.5) is 11.9 Å². The number of fused-ring (bicyclic) bond motifs is 6. The number of aromatic nitrogens is 6. The van der Waals surface area contributed by atoms with Crippen molar-refractivity contribution in [3.8, 4) is 0 Å². The van der Waals surface area contributed by atoms with Crippen LogP contribution in [0.3, 0.4) is 0 Å². The minimum absolute atomic E-state index is 0.0339. The number of aryl methyl sites for hydroxylation is 7. The summed E-state index contributed by atoms with van der Waals surface area (Å²) in [6, 6.07) is 50.7. The van der Waals surface area contributed by atoms with Gasteiger partial charge in [0.2, 0.25) is 11.9 Å². The van der Waals surface area contributed by atoms with Gasteiger partial charge in [0.25, 0.3) is 5.91 Å². The van der Waals surface area contributed by atoms with E-state index in [9.17, 15) is 14.4 Å². The number of ether oxygens (including phenoxy) is 2. The second kappa shape index (κ2) is 30.4. The molecule has 9 aromatic rings. The summed E-state index contributed by atoms with van der Waals surface area (Å²) in [7, 11) is 0. The molecule has 84 heavy (non-hydrogen) atoms. The largest absolute Gasteiger partial charge is 0.462 e. The summed E-state index contributed by atoms with van der Waals surface area (Å²) in [5.74, 6) is 0.131. The van der Waals surface area contributed by atoms with Crippen molar-refractivity contribution in [1.29, 1.82) is 0 Å². The van der Waals surface area contributed by atoms with Crippen molar-refractivity contribution in [3.05, 3.63) is 272 Å². The van der Waals surface area contributed by atoms with E-state index in [2.05, 4.69) is 174 Å². The van der Waals surface area contributed by atoms with Gasteiger partial charge in [0.1, 0.15) is 5.82 Å². The first-order valence-electron chi connectivity index (χ1n) is 27.4. The predicted molar refractivity (Wildman–Crippen MR) is 319 cm³/mol. The first-order chi connectivity index (χ1) is 41.0. The van der Waals surface area contributed by atoms with Crippen LogP contribution in [0.25, 0.3) is 0 Å². The van der Waals surface area contributed by atoms with Crippen molar-refractivity contribution in [2.45, 2.75) is 77.4 Å². The van der Waals surface area contributed by atoms with E-state index in [0.717, 1.165) is 38.5 Å². The number of nitrogens with two attached hydrogens (primary N) is 1. The average Bonchev–Trinajstić information content (AvgIpc) is 3.62. The minimum Gasteiger partial charge on any atom is -0.462 e. The van der Waals surface area contributed by atoms with E-state index in [1.54, 1.807) is 26.3 Å². The van der Waals surface area contributed by atoms with Crippen molar-refractivity contribution >= 4 is 41.3 Å². The number of anilines is 2. The number of carbonyl (C=O) groups excluding carboxylic acids is 3. The summed E-state index contributed by atoms with van der Waals surface area (Å²) in [6.07, 6.45) is 14.9. The van der Waals surface area contributed by atoms with Crippen LogP contribution < -0.4 is 21.8 Å². The standard InChI is InChI=1S/C22H21N3O2.C20H18N4O2.C15H15N.C8H10N2O2.O2S/c1-2-27-21(26)17-13-23-22(24-14-17)25-20-18-9-5-3-7-15(18)11-12-16-8-4-6-10-19(16)20;25-19(24-26)15-11-21-20(22-12-15)23-18-16-7-3-1-5-13(16)9-10-14-6-2-4-8-17(14)18;16-15-13-7-3-1-5-11(13)9-10-12-6-2-4-8-14(12)15;1-3-12-8(11)7-4-9-6(2)10-5-7;1-3-2/h3-10,13-14,20H,2,11-12H2,1H3,(H,23,24,25);1-8,11-12,18,26H,9-10H2,(H,24,25)(H,21,22,23);1-8,15H,9-10,16H2;4-5H,3H2,1-2H3;. The Kier molecular flexibility index (Phi) is 21.9. The number of nitrogens with zero attached hydrogens (tertiary/aromatic N) is 6. The van der Waals surface area contributed by atoms with Crippen molar-refractivity contribution in [2.24, 2.45) is 5.73 Å². The molecule has 12 rings (SSSR count). The van der Waals surface area contributed by atoms with Crippen molar-refractivity contribution in [3.63, 3.8) is 0 Å². The van der Waals surface area contributed by atoms with Crippen LogP contribution in [0.1, 0.15) is 136 Å². The van der Waals surface area contributed by atoms with Crippen LogP contribution in [-0.4, -0.2) is 74.6 Å². The molecular weight excluding hydrogens is 1080 g/mol. The Morgan fingerprint density at radius 2 is 0.726 bits per heavy atom. The van der Waals surface area contributed by atoms with Crippen molar-refractivity contribution in [1.82, 2.24) is 35.4 Å². The molecule has 6 aromatic carbocycles. The first-order valence-corrected chi connectivity index (χ1v) is 28.1. The Labute approximate surface area is 491 Å². The van der Waals surface area contributed by atoms with E-state index in [4.69, 9.17) is 28.8 Å². The lowest BCUT2D eigenvalue weighted by Crippen LogP contribution is -2.20. The molecule has 3 aromatic heterocycles. The highest BCUT2D eigenvalue weighted by molar-refractivity contribution is 7.51. The van der Waals surface area contributed by atoms with Gasteiger partial charge in [0.05, 0.1) is 48.0 Å². The van der Waals surface area contributed by atoms with Gasteiger partial charge in [-0.15, -0.1) is 0 Å². The molecule has 0 unspecified atom stereocenters. The maximum atomic E-state index is 11.8. The lowest BCUT2D eigenvalue weighted by molar-refractivity contribution is 0.0515. The molecule has 0 spiro atoms. The van der Waals surface area contributed by atoms with Gasteiger partial charge in [-0.05, 0) is 126 Å². The molecule has 0 radical (unpaired) electrons. The summed E-state index contributed by atoms with van der Waals surface area (Å²) in [5.41, 5.74) is 24.4. The first kappa shape index (κ1) is 60.4. The predicted octanol–water partition coefficient (Wildman–Crippen LogP) is 9.97. The normalized spacial score (nSPS) is 12.7. The molecule has 0 saturated carbocycles. The Hall–Kier alpha value is -9.69. The molecule has 0 bridgehead atoms. The van der Waals surface area contributed by atoms with Crippen LogP contribution in [0.2, 0.25) is 0 Å². The second-order valence-electron chi connectivity index (χ2n) is 19.4. The topological polar surface area (TPSA) is 263 Å². The Balaban J connectivity index is 0.000000150. The third-order valence-electron chi connectivity index (χ3n) is 14.3. The minimum atomic E-state index is -0.750. The fourth-order valence-electron chi connectivity index (χ4n) is 10.2. The molecule has 3 heterocycles. The number of rotatable bonds is 9. The van der Waals surface area contributed by atoms with E-state index in [1.165, 1.54) is 104 Å². The average molecular weight is 1150 g/mol. The zero-order valence-electron chi connectivity index (χ0n) is 46.7. The summed E-state index contributed by atoms with van der Waals surface area (Å²) < 4.78 is 26.3. The SMILES string of the molecule is CCOC(=O)c1cnc(C)nc1.CCOC(=O)c1cnc(NC2c3ccccc3CCc3ccccc32)nc1.NC1c2ccccc2CCc2ccccc21.O=C(NO)c1cnc(NC2c3ccccc3CCc3ccccc32)nc1.O=S=O. The monoisotopic (exact) mass is 1140 g/mol. The number of carbonyl (C=O) groups is 3. The molecule has 19 heteroatoms. The summed E-state index contributed by atoms with van der Waals surface area (Å²) in [5, 5.41) is 15.6. The van der Waals surface area contributed by atoms with Crippen molar-refractivity contribution in [2.75, 3.05) is 23.8 Å². The zero-order chi connectivity index (χ0) is 59.2. The number of amides is 1. The van der Waals surface area contributed by atoms with Gasteiger partial charge >= 0.3 is 23.5 Å². The molecule has 3 aliphatic carbocycles. The molecule has 428 valence electrons. The van der Waals surface area contributed by atoms with E-state index in [-0.39, 0.29) is 29.7 Å². The Morgan fingerprint density at radius 3 is 1.02 bits per heavy atom. The number of esters is 2. The summed E-state index contributed by atoms with van der Waals surface area (Å²) in [6.45, 7) is 5.98. The molecular formula is C65H64N10O8S. The third-order valence-corrected chi connectivity index (χ3v) is 14.3. The van der Waals surface area contributed by atoms with E-state index >= 15 is 0 Å². The lowest BCUT2D eigenvalue weighted by atomic mass is 9.95. The molecule has 0 aliphatic heterocycles. The van der Waals surface area contributed by atoms with Gasteiger partial charge in [0.15, 0.2) is 0 Å². The maximum absolute atomic E-state index is 11.8. The van der Waals surface area contributed by atoms with Crippen LogP contribution in [-0.2, 0) is 59.6 Å². The molecule has 0 saturated heterocycles. The number of nitrogens with one attached hydrogen (secondary N) is 3. The quantitative estimate of drug-likeness (QED) is 0.0511. The molecule has 0 fully saturated rings. The van der Waals surface area contributed by atoms with E-state index in [1.807, 2.05) is 12.1 Å². The summed E-state index contributed by atoms with van der Waals surface area (Å²) >= 11 is -0.750. The van der Waals surface area contributed by atoms with Gasteiger partial charge in [-0.1, -0.05) is 146 Å². The van der Waals surface area contributed by atoms with Gasteiger partial charge in [-0.25, -0.2) is 45.0 Å². The lowest BCUT2D eigenvalue weighted by Gasteiger charge is -2.21. The van der Waals surface area contributed by atoms with E-state index in [0.29, 0.717) is 42.1 Å². The van der Waals surface area contributed by atoms with Gasteiger partial charge in [-0.3, -0.25) is 10.0 Å². The number of benzene rings is 6. The highest BCUT2D eigenvalue weighted by atomic mass is 32.1. The number of hydrogen-bond donors (Lipinski definition) is 5. The maximum Gasteiger partial charge on any atom is 0.341 e. The van der Waals surface area contributed by atoms with Crippen LogP contribution in [0, 0.1) is 6.92 Å². The number of hydrogen-bond acceptors (Lipinski definition) is 17. The fraction of sp³-hybridized carbons (Fsp3) is 0.215. The Bertz CT molecular complexity index is 3560.